The third-order valence-corrected chi connectivity index (χ3v) is 2.94. The van der Waals surface area contributed by atoms with Gasteiger partial charge in [0.15, 0.2) is 0 Å². The van der Waals surface area contributed by atoms with Crippen molar-refractivity contribution in [2.24, 2.45) is 7.05 Å². The topological polar surface area (TPSA) is 53.1 Å². The van der Waals surface area contributed by atoms with E-state index in [-0.39, 0.29) is 0 Å². The molecule has 4 heteroatoms. The standard InChI is InChI=1S/C10H17N3O/c1-7-12-9(10(11)13(7)2)8-4-3-5-14-6-8/h8H,3-6,11H2,1-2H3. The number of nitrogens with zero attached hydrogens (tertiary/aromatic N) is 2. The van der Waals surface area contributed by atoms with Gasteiger partial charge in [-0.3, -0.25) is 0 Å². The number of rotatable bonds is 1. The predicted molar refractivity (Wildman–Crippen MR) is 55.2 cm³/mol. The van der Waals surface area contributed by atoms with Crippen molar-refractivity contribution in [1.82, 2.24) is 9.55 Å². The summed E-state index contributed by atoms with van der Waals surface area (Å²) >= 11 is 0. The van der Waals surface area contributed by atoms with Gasteiger partial charge in [0, 0.05) is 19.6 Å². The van der Waals surface area contributed by atoms with E-state index in [1.54, 1.807) is 0 Å². The van der Waals surface area contributed by atoms with Gasteiger partial charge in [-0.1, -0.05) is 0 Å². The number of aryl methyl sites for hydroxylation is 1. The van der Waals surface area contributed by atoms with Crippen LogP contribution in [0.2, 0.25) is 0 Å². The number of hydrogen-bond acceptors (Lipinski definition) is 3. The van der Waals surface area contributed by atoms with Gasteiger partial charge < -0.3 is 15.0 Å². The lowest BCUT2D eigenvalue weighted by atomic mass is 9.99. The molecule has 1 aromatic rings. The lowest BCUT2D eigenvalue weighted by molar-refractivity contribution is 0.0796. The van der Waals surface area contributed by atoms with Crippen LogP contribution >= 0.6 is 0 Å². The molecule has 0 aromatic carbocycles. The first kappa shape index (κ1) is 9.52. The van der Waals surface area contributed by atoms with Crippen LogP contribution < -0.4 is 5.73 Å². The maximum Gasteiger partial charge on any atom is 0.126 e. The third kappa shape index (κ3) is 1.50. The first-order chi connectivity index (χ1) is 6.70. The van der Waals surface area contributed by atoms with Crippen molar-refractivity contribution >= 4 is 5.82 Å². The van der Waals surface area contributed by atoms with E-state index in [1.807, 2.05) is 18.5 Å². The normalized spacial score (nSPS) is 22.6. The van der Waals surface area contributed by atoms with Crippen LogP contribution in [0, 0.1) is 6.92 Å². The highest BCUT2D eigenvalue weighted by molar-refractivity contribution is 5.40. The molecule has 1 unspecified atom stereocenters. The molecular formula is C10H17N3O. The minimum absolute atomic E-state index is 0.392. The Morgan fingerprint density at radius 1 is 1.57 bits per heavy atom. The average molecular weight is 195 g/mol. The number of nitrogens with two attached hydrogens (primary N) is 1. The summed E-state index contributed by atoms with van der Waals surface area (Å²) in [5.74, 6) is 2.16. The summed E-state index contributed by atoms with van der Waals surface area (Å²) in [7, 11) is 1.95. The summed E-state index contributed by atoms with van der Waals surface area (Å²) in [5, 5.41) is 0. The number of imidazole rings is 1. The molecule has 2 rings (SSSR count). The van der Waals surface area contributed by atoms with Crippen LogP contribution in [0.1, 0.15) is 30.3 Å². The molecule has 1 fully saturated rings. The van der Waals surface area contributed by atoms with Crippen molar-refractivity contribution in [3.63, 3.8) is 0 Å². The lowest BCUT2D eigenvalue weighted by Gasteiger charge is -2.20. The number of hydrogen-bond donors (Lipinski definition) is 1. The van der Waals surface area contributed by atoms with Crippen molar-refractivity contribution in [3.05, 3.63) is 11.5 Å². The van der Waals surface area contributed by atoms with Crippen LogP contribution in [0.3, 0.4) is 0 Å². The molecule has 0 saturated carbocycles. The summed E-state index contributed by atoms with van der Waals surface area (Å²) in [6, 6.07) is 0. The average Bonchev–Trinajstić information content (AvgIpc) is 2.47. The molecule has 1 aliphatic rings. The first-order valence-corrected chi connectivity index (χ1v) is 5.06. The Morgan fingerprint density at radius 3 is 2.86 bits per heavy atom. The fourth-order valence-corrected chi connectivity index (χ4v) is 1.91. The summed E-state index contributed by atoms with van der Waals surface area (Å²) in [5.41, 5.74) is 7.00. The van der Waals surface area contributed by atoms with Gasteiger partial charge in [-0.05, 0) is 19.8 Å². The van der Waals surface area contributed by atoms with E-state index < -0.39 is 0 Å². The van der Waals surface area contributed by atoms with Crippen LogP contribution in [-0.4, -0.2) is 22.8 Å². The molecule has 4 nitrogen and oxygen atoms in total. The van der Waals surface area contributed by atoms with E-state index in [0.29, 0.717) is 5.92 Å². The van der Waals surface area contributed by atoms with Crippen LogP contribution in [0.4, 0.5) is 5.82 Å². The van der Waals surface area contributed by atoms with E-state index in [9.17, 15) is 0 Å². The quantitative estimate of drug-likeness (QED) is 0.732. The van der Waals surface area contributed by atoms with Crippen molar-refractivity contribution < 1.29 is 4.74 Å². The molecule has 0 aliphatic carbocycles. The highest BCUT2D eigenvalue weighted by Crippen LogP contribution is 2.28. The maximum absolute atomic E-state index is 5.98. The Morgan fingerprint density at radius 2 is 2.36 bits per heavy atom. The van der Waals surface area contributed by atoms with Gasteiger partial charge in [0.2, 0.25) is 0 Å². The predicted octanol–water partition coefficient (Wildman–Crippen LogP) is 1.20. The third-order valence-electron chi connectivity index (χ3n) is 2.94. The fourth-order valence-electron chi connectivity index (χ4n) is 1.91. The second-order valence-electron chi connectivity index (χ2n) is 3.90. The molecule has 1 aliphatic heterocycles. The van der Waals surface area contributed by atoms with E-state index >= 15 is 0 Å². The highest BCUT2D eigenvalue weighted by atomic mass is 16.5. The Labute approximate surface area is 84.1 Å². The minimum atomic E-state index is 0.392. The van der Waals surface area contributed by atoms with E-state index in [0.717, 1.165) is 43.4 Å². The lowest BCUT2D eigenvalue weighted by Crippen LogP contribution is -2.17. The smallest absolute Gasteiger partial charge is 0.126 e. The largest absolute Gasteiger partial charge is 0.384 e. The first-order valence-electron chi connectivity index (χ1n) is 5.06. The van der Waals surface area contributed by atoms with Gasteiger partial charge in [-0.2, -0.15) is 0 Å². The van der Waals surface area contributed by atoms with Crippen LogP contribution in [0.15, 0.2) is 0 Å². The zero-order valence-electron chi connectivity index (χ0n) is 8.79. The zero-order valence-corrected chi connectivity index (χ0v) is 8.79. The SMILES string of the molecule is Cc1nc(C2CCCOC2)c(N)n1C. The fraction of sp³-hybridized carbons (Fsp3) is 0.700. The summed E-state index contributed by atoms with van der Waals surface area (Å²) in [6.45, 7) is 3.62. The molecule has 1 aromatic heterocycles. The maximum atomic E-state index is 5.98. The molecule has 2 N–H and O–H groups in total. The van der Waals surface area contributed by atoms with E-state index in [1.165, 1.54) is 0 Å². The molecule has 0 spiro atoms. The van der Waals surface area contributed by atoms with Crippen LogP contribution in [0.25, 0.3) is 0 Å². The number of aromatic nitrogens is 2. The monoisotopic (exact) mass is 195 g/mol. The molecule has 1 saturated heterocycles. The van der Waals surface area contributed by atoms with Crippen molar-refractivity contribution in [1.29, 1.82) is 0 Å². The van der Waals surface area contributed by atoms with Gasteiger partial charge in [0.05, 0.1) is 12.3 Å². The number of nitrogen functional groups attached to an aromatic ring is 1. The van der Waals surface area contributed by atoms with Crippen LogP contribution in [0.5, 0.6) is 0 Å². The second-order valence-corrected chi connectivity index (χ2v) is 3.90. The molecule has 14 heavy (non-hydrogen) atoms. The molecule has 2 heterocycles. The van der Waals surface area contributed by atoms with Crippen molar-refractivity contribution in [3.8, 4) is 0 Å². The number of anilines is 1. The van der Waals surface area contributed by atoms with Crippen molar-refractivity contribution in [2.45, 2.75) is 25.7 Å². The second kappa shape index (κ2) is 3.61. The van der Waals surface area contributed by atoms with Gasteiger partial charge in [-0.15, -0.1) is 0 Å². The summed E-state index contributed by atoms with van der Waals surface area (Å²) in [4.78, 5) is 4.49. The zero-order chi connectivity index (χ0) is 10.1. The van der Waals surface area contributed by atoms with Crippen molar-refractivity contribution in [2.75, 3.05) is 18.9 Å². The van der Waals surface area contributed by atoms with Gasteiger partial charge >= 0.3 is 0 Å². The van der Waals surface area contributed by atoms with E-state index in [2.05, 4.69) is 4.98 Å². The van der Waals surface area contributed by atoms with Gasteiger partial charge in [0.1, 0.15) is 11.6 Å². The van der Waals surface area contributed by atoms with Gasteiger partial charge in [0.25, 0.3) is 0 Å². The Balaban J connectivity index is 2.26. The molecule has 78 valence electrons. The Bertz CT molecular complexity index is 326. The molecule has 1 atom stereocenters. The Kier molecular flexibility index (Phi) is 2.46. The molecule has 0 amide bonds. The summed E-state index contributed by atoms with van der Waals surface area (Å²) in [6.07, 6.45) is 2.25. The minimum Gasteiger partial charge on any atom is -0.384 e. The highest BCUT2D eigenvalue weighted by Gasteiger charge is 2.22. The van der Waals surface area contributed by atoms with Gasteiger partial charge in [-0.25, -0.2) is 4.98 Å². The number of ether oxygens (including phenoxy) is 1. The Hall–Kier alpha value is -1.03. The van der Waals surface area contributed by atoms with E-state index in [4.69, 9.17) is 10.5 Å². The summed E-state index contributed by atoms with van der Waals surface area (Å²) < 4.78 is 7.37. The molecule has 0 radical (unpaired) electrons. The molecular weight excluding hydrogens is 178 g/mol. The van der Waals surface area contributed by atoms with Crippen LogP contribution in [-0.2, 0) is 11.8 Å². The molecule has 0 bridgehead atoms.